The normalized spacial score (nSPS) is 13.3. The standard InChI is InChI=1S/C26H52O4/c1-4-7-9-10-11-12-13-14-15-16-17-18-19-21-23-25(27)26(28)30-29-24(6-3)22-20-8-5-2/h24-25,27H,4-23H2,1-3H3. The molecule has 0 aromatic heterocycles. The van der Waals surface area contributed by atoms with Crippen LogP contribution < -0.4 is 0 Å². The fourth-order valence-corrected chi connectivity index (χ4v) is 3.76. The first kappa shape index (κ1) is 29.4. The molecule has 0 aliphatic heterocycles. The highest BCUT2D eigenvalue weighted by atomic mass is 17.2. The lowest BCUT2D eigenvalue weighted by molar-refractivity contribution is -0.304. The van der Waals surface area contributed by atoms with E-state index in [1.165, 1.54) is 77.0 Å². The van der Waals surface area contributed by atoms with E-state index in [9.17, 15) is 9.90 Å². The monoisotopic (exact) mass is 428 g/mol. The molecule has 4 heteroatoms. The van der Waals surface area contributed by atoms with Gasteiger partial charge in [0.25, 0.3) is 0 Å². The third-order valence-electron chi connectivity index (χ3n) is 5.95. The molecule has 30 heavy (non-hydrogen) atoms. The molecule has 0 radical (unpaired) electrons. The first-order chi connectivity index (χ1) is 14.7. The maximum atomic E-state index is 11.9. The van der Waals surface area contributed by atoms with Crippen molar-refractivity contribution in [2.24, 2.45) is 0 Å². The van der Waals surface area contributed by atoms with Gasteiger partial charge in [-0.3, -0.25) is 4.89 Å². The molecule has 0 spiro atoms. The first-order valence-electron chi connectivity index (χ1n) is 13.2. The van der Waals surface area contributed by atoms with Gasteiger partial charge in [-0.15, -0.1) is 0 Å². The third-order valence-corrected chi connectivity index (χ3v) is 5.95. The van der Waals surface area contributed by atoms with Crippen LogP contribution in [0.4, 0.5) is 0 Å². The summed E-state index contributed by atoms with van der Waals surface area (Å²) >= 11 is 0. The molecular weight excluding hydrogens is 376 g/mol. The van der Waals surface area contributed by atoms with Crippen molar-refractivity contribution in [1.82, 2.24) is 0 Å². The molecular formula is C26H52O4. The number of aliphatic hydroxyl groups excluding tert-OH is 1. The van der Waals surface area contributed by atoms with Gasteiger partial charge >= 0.3 is 5.97 Å². The molecule has 0 fully saturated rings. The van der Waals surface area contributed by atoms with E-state index in [1.807, 2.05) is 6.92 Å². The fourth-order valence-electron chi connectivity index (χ4n) is 3.76. The second-order valence-corrected chi connectivity index (χ2v) is 8.93. The molecule has 0 saturated carbocycles. The van der Waals surface area contributed by atoms with Crippen molar-refractivity contribution in [2.45, 2.75) is 161 Å². The van der Waals surface area contributed by atoms with Crippen molar-refractivity contribution < 1.29 is 19.7 Å². The zero-order valence-corrected chi connectivity index (χ0v) is 20.5. The molecule has 0 saturated heterocycles. The summed E-state index contributed by atoms with van der Waals surface area (Å²) in [5, 5.41) is 9.95. The minimum Gasteiger partial charge on any atom is -0.381 e. The van der Waals surface area contributed by atoms with Crippen LogP contribution in [0.2, 0.25) is 0 Å². The molecule has 0 amide bonds. The van der Waals surface area contributed by atoms with Gasteiger partial charge in [0, 0.05) is 0 Å². The van der Waals surface area contributed by atoms with Gasteiger partial charge in [0.05, 0.1) is 0 Å². The van der Waals surface area contributed by atoms with Crippen LogP contribution in [0, 0.1) is 0 Å². The van der Waals surface area contributed by atoms with Crippen LogP contribution in [0.5, 0.6) is 0 Å². The molecule has 180 valence electrons. The van der Waals surface area contributed by atoms with Gasteiger partial charge in [0.15, 0.2) is 6.10 Å². The SMILES string of the molecule is CCCCCCCCCCCCCCCCC(O)C(=O)OOC(CC)CCCCC. The first-order valence-corrected chi connectivity index (χ1v) is 13.2. The summed E-state index contributed by atoms with van der Waals surface area (Å²) in [5.74, 6) is -0.640. The summed E-state index contributed by atoms with van der Waals surface area (Å²) in [7, 11) is 0. The number of rotatable bonds is 23. The maximum absolute atomic E-state index is 11.9. The molecule has 0 bridgehead atoms. The average Bonchev–Trinajstić information content (AvgIpc) is 2.75. The fraction of sp³-hybridized carbons (Fsp3) is 0.962. The van der Waals surface area contributed by atoms with Gasteiger partial charge < -0.3 is 5.11 Å². The second-order valence-electron chi connectivity index (χ2n) is 8.93. The Balaban J connectivity index is 3.47. The summed E-state index contributed by atoms with van der Waals surface area (Å²) in [6.07, 6.45) is 22.6. The quantitative estimate of drug-likeness (QED) is 0.102. The van der Waals surface area contributed by atoms with E-state index >= 15 is 0 Å². The number of hydrogen-bond acceptors (Lipinski definition) is 4. The summed E-state index contributed by atoms with van der Waals surface area (Å²) in [5.41, 5.74) is 0. The zero-order valence-electron chi connectivity index (χ0n) is 20.5. The highest BCUT2D eigenvalue weighted by Crippen LogP contribution is 2.15. The van der Waals surface area contributed by atoms with Crippen molar-refractivity contribution in [3.63, 3.8) is 0 Å². The van der Waals surface area contributed by atoms with E-state index in [0.29, 0.717) is 6.42 Å². The lowest BCUT2D eigenvalue weighted by atomic mass is 10.0. The molecule has 4 nitrogen and oxygen atoms in total. The van der Waals surface area contributed by atoms with Gasteiger partial charge in [0.1, 0.15) is 6.10 Å². The molecule has 0 heterocycles. The van der Waals surface area contributed by atoms with Gasteiger partial charge in [-0.25, -0.2) is 4.79 Å². The minimum absolute atomic E-state index is 0.0613. The zero-order chi connectivity index (χ0) is 22.3. The van der Waals surface area contributed by atoms with Gasteiger partial charge in [-0.05, 0) is 19.3 Å². The average molecular weight is 429 g/mol. The van der Waals surface area contributed by atoms with Gasteiger partial charge in [-0.1, -0.05) is 130 Å². The Labute approximate surface area is 187 Å². The molecule has 2 atom stereocenters. The van der Waals surface area contributed by atoms with Gasteiger partial charge in [0.2, 0.25) is 0 Å². The number of hydrogen-bond donors (Lipinski definition) is 1. The number of carbonyl (C=O) groups is 1. The van der Waals surface area contributed by atoms with E-state index in [2.05, 4.69) is 13.8 Å². The van der Waals surface area contributed by atoms with Crippen molar-refractivity contribution in [2.75, 3.05) is 0 Å². The second kappa shape index (κ2) is 23.1. The molecule has 2 unspecified atom stereocenters. The summed E-state index contributed by atoms with van der Waals surface area (Å²) in [6, 6.07) is 0. The van der Waals surface area contributed by atoms with E-state index in [0.717, 1.165) is 44.9 Å². The third kappa shape index (κ3) is 19.4. The Morgan fingerprint density at radius 2 is 1.03 bits per heavy atom. The van der Waals surface area contributed by atoms with Crippen molar-refractivity contribution >= 4 is 5.97 Å². The van der Waals surface area contributed by atoms with Crippen molar-refractivity contribution in [3.8, 4) is 0 Å². The predicted molar refractivity (Wildman–Crippen MR) is 126 cm³/mol. The van der Waals surface area contributed by atoms with Crippen LogP contribution >= 0.6 is 0 Å². The summed E-state index contributed by atoms with van der Waals surface area (Å²) in [6.45, 7) is 6.45. The van der Waals surface area contributed by atoms with Crippen LogP contribution in [0.25, 0.3) is 0 Å². The topological polar surface area (TPSA) is 55.8 Å². The Hall–Kier alpha value is -0.610. The molecule has 1 N–H and O–H groups in total. The van der Waals surface area contributed by atoms with Gasteiger partial charge in [-0.2, -0.15) is 4.89 Å². The Morgan fingerprint density at radius 3 is 1.50 bits per heavy atom. The van der Waals surface area contributed by atoms with Crippen LogP contribution in [-0.4, -0.2) is 23.3 Å². The van der Waals surface area contributed by atoms with E-state index < -0.39 is 12.1 Å². The lowest BCUT2D eigenvalue weighted by Gasteiger charge is -2.15. The van der Waals surface area contributed by atoms with Crippen LogP contribution in [0.15, 0.2) is 0 Å². The number of unbranched alkanes of at least 4 members (excludes halogenated alkanes) is 15. The molecule has 0 aromatic rings. The smallest absolute Gasteiger partial charge is 0.370 e. The maximum Gasteiger partial charge on any atom is 0.370 e. The van der Waals surface area contributed by atoms with Crippen molar-refractivity contribution in [3.05, 3.63) is 0 Å². The molecule has 0 aromatic carbocycles. The minimum atomic E-state index is -1.06. The van der Waals surface area contributed by atoms with E-state index in [-0.39, 0.29) is 6.10 Å². The largest absolute Gasteiger partial charge is 0.381 e. The predicted octanol–water partition coefficient (Wildman–Crippen LogP) is 8.05. The molecule has 0 aliphatic carbocycles. The molecule has 0 aliphatic rings. The van der Waals surface area contributed by atoms with Crippen molar-refractivity contribution in [1.29, 1.82) is 0 Å². The van der Waals surface area contributed by atoms with E-state index in [4.69, 9.17) is 9.78 Å². The Kier molecular flexibility index (Phi) is 22.6. The lowest BCUT2D eigenvalue weighted by Crippen LogP contribution is -2.25. The Morgan fingerprint density at radius 1 is 0.633 bits per heavy atom. The van der Waals surface area contributed by atoms with Crippen LogP contribution in [-0.2, 0) is 14.6 Å². The summed E-state index contributed by atoms with van der Waals surface area (Å²) in [4.78, 5) is 22.0. The highest BCUT2D eigenvalue weighted by molar-refractivity contribution is 5.73. The number of carbonyl (C=O) groups excluding carboxylic acids is 1. The Bertz CT molecular complexity index is 359. The van der Waals surface area contributed by atoms with Crippen LogP contribution in [0.3, 0.4) is 0 Å². The summed E-state index contributed by atoms with van der Waals surface area (Å²) < 4.78 is 0. The highest BCUT2D eigenvalue weighted by Gasteiger charge is 2.19. The number of aliphatic hydroxyl groups is 1. The molecule has 0 rings (SSSR count). The van der Waals surface area contributed by atoms with Crippen LogP contribution in [0.1, 0.15) is 149 Å². The van der Waals surface area contributed by atoms with E-state index in [1.54, 1.807) is 0 Å².